The summed E-state index contributed by atoms with van der Waals surface area (Å²) >= 11 is 0. The van der Waals surface area contributed by atoms with Gasteiger partial charge < -0.3 is 25.3 Å². The van der Waals surface area contributed by atoms with Crippen LogP contribution in [-0.4, -0.2) is 28.2 Å². The minimum atomic E-state index is -4.61. The van der Waals surface area contributed by atoms with E-state index in [0.717, 1.165) is 0 Å². The molecule has 0 unspecified atom stereocenters. The summed E-state index contributed by atoms with van der Waals surface area (Å²) in [6.07, 6.45) is 0. The van der Waals surface area contributed by atoms with Crippen LogP contribution in [0.2, 0.25) is 0 Å². The van der Waals surface area contributed by atoms with E-state index in [9.17, 15) is 0 Å². The van der Waals surface area contributed by atoms with Crippen molar-refractivity contribution in [2.75, 3.05) is 0 Å². The molecule has 0 amide bonds. The Hall–Kier alpha value is -0.493. The van der Waals surface area contributed by atoms with E-state index in [1.165, 1.54) is 0 Å². The molecule has 0 bridgehead atoms. The second-order valence-electron chi connectivity index (χ2n) is 0.600. The van der Waals surface area contributed by atoms with Crippen LogP contribution >= 0.6 is 0 Å². The van der Waals surface area contributed by atoms with Gasteiger partial charge in [-0.05, 0) is 0 Å². The third-order valence-electron chi connectivity index (χ3n) is 0. The van der Waals surface area contributed by atoms with E-state index in [-0.39, 0.29) is 6.15 Å². The lowest BCUT2D eigenvalue weighted by atomic mass is 11.9. The first kappa shape index (κ1) is 15.6. The molecule has 0 aliphatic carbocycles. The molecule has 0 aromatic rings. The van der Waals surface area contributed by atoms with Crippen LogP contribution in [0.3, 0.4) is 0 Å². The van der Waals surface area contributed by atoms with Crippen molar-refractivity contribution in [2.45, 2.75) is 0 Å². The van der Waals surface area contributed by atoms with Gasteiger partial charge in [-0.1, -0.05) is 0 Å². The van der Waals surface area contributed by atoms with E-state index in [4.69, 9.17) is 24.4 Å². The first-order valence-corrected chi connectivity index (χ1v) is 2.94. The lowest BCUT2D eigenvalue weighted by Crippen LogP contribution is -2.33. The zero-order valence-corrected chi connectivity index (χ0v) is 5.02. The number of hydrogen-bond acceptors (Lipinski definition) is 6. The van der Waals surface area contributed by atoms with Crippen LogP contribution in [0.25, 0.3) is 0 Å². The molecular weight excluding hydrogens is 132 g/mol. The minimum Gasteiger partial charge on any atom is -0.368 e. The van der Waals surface area contributed by atoms with Crippen LogP contribution in [0.1, 0.15) is 0 Å². The van der Waals surface area contributed by atoms with Crippen molar-refractivity contribution in [2.24, 2.45) is 0 Å². The summed E-state index contributed by atoms with van der Waals surface area (Å²) in [5, 5.41) is 6.50. The van der Waals surface area contributed by atoms with Gasteiger partial charge in [0.25, 0.3) is 0 Å². The Kier molecular flexibility index (Phi) is 12.7. The van der Waals surface area contributed by atoms with E-state index in [1.54, 1.807) is 0 Å². The zero-order chi connectivity index (χ0) is 6.50. The third kappa shape index (κ3) is 460. The SMILES string of the molecule is C#N.N.O[Si](O)(O)O. The molecule has 50 valence electrons. The van der Waals surface area contributed by atoms with Crippen LogP contribution < -0.4 is 6.15 Å². The van der Waals surface area contributed by atoms with Gasteiger partial charge in [-0.3, -0.25) is 0 Å². The molecule has 0 atom stereocenters. The Morgan fingerprint density at radius 3 is 1.00 bits per heavy atom. The van der Waals surface area contributed by atoms with Gasteiger partial charge >= 0.3 is 9.05 Å². The monoisotopic (exact) mass is 140 g/mol. The highest BCUT2D eigenvalue weighted by Gasteiger charge is 2.22. The summed E-state index contributed by atoms with van der Waals surface area (Å²) in [4.78, 5) is 29.3. The lowest BCUT2D eigenvalue weighted by Gasteiger charge is -1.91. The maximum absolute atomic E-state index is 7.33. The lowest BCUT2D eigenvalue weighted by molar-refractivity contribution is 0.117. The van der Waals surface area contributed by atoms with Gasteiger partial charge in [0.2, 0.25) is 0 Å². The summed E-state index contributed by atoms with van der Waals surface area (Å²) in [6, 6.07) is 0. The molecule has 0 heterocycles. The first-order chi connectivity index (χ1) is 3.00. The Bertz CT molecular complexity index is 50.8. The standard InChI is InChI=1S/CHN.H3N.H4O4Si/c1-2;;1-5(2,3)4/h1H;1H3;1-4H. The van der Waals surface area contributed by atoms with E-state index < -0.39 is 9.05 Å². The van der Waals surface area contributed by atoms with Gasteiger partial charge in [-0.2, -0.15) is 0 Å². The van der Waals surface area contributed by atoms with Crippen molar-refractivity contribution in [3.05, 3.63) is 0 Å². The normalized spacial score (nSPS) is 7.75. The predicted molar refractivity (Wildman–Crippen MR) is 26.3 cm³/mol. The molecule has 8 heavy (non-hydrogen) atoms. The maximum atomic E-state index is 7.33. The molecule has 0 saturated heterocycles. The van der Waals surface area contributed by atoms with Gasteiger partial charge in [0, 0.05) is 6.57 Å². The predicted octanol–water partition coefficient (Wildman–Crippen LogP) is -2.31. The largest absolute Gasteiger partial charge is 0.668 e. The Balaban J connectivity index is -0.0000000750. The highest BCUT2D eigenvalue weighted by molar-refractivity contribution is 6.46. The number of nitrogens with zero attached hydrogens (tertiary/aromatic N) is 1. The summed E-state index contributed by atoms with van der Waals surface area (Å²) in [7, 11) is -4.61. The molecule has 6 nitrogen and oxygen atoms in total. The van der Waals surface area contributed by atoms with Crippen molar-refractivity contribution in [3.63, 3.8) is 0 Å². The summed E-state index contributed by atoms with van der Waals surface area (Å²) in [5.74, 6) is 0. The molecule has 0 spiro atoms. The average molecular weight is 140 g/mol. The van der Waals surface area contributed by atoms with Crippen LogP contribution in [0.15, 0.2) is 0 Å². The van der Waals surface area contributed by atoms with Gasteiger partial charge in [-0.15, -0.1) is 0 Å². The topological polar surface area (TPSA) is 140 Å². The number of rotatable bonds is 0. The van der Waals surface area contributed by atoms with Crippen molar-refractivity contribution >= 4 is 9.05 Å². The average Bonchev–Trinajstić information content (AvgIpc) is 1.36. The fourth-order valence-electron chi connectivity index (χ4n) is 0. The van der Waals surface area contributed by atoms with Crippen LogP contribution in [0, 0.1) is 11.8 Å². The molecule has 7 heteroatoms. The summed E-state index contributed by atoms with van der Waals surface area (Å²) < 4.78 is 0. The highest BCUT2D eigenvalue weighted by atomic mass is 28.4. The van der Waals surface area contributed by atoms with E-state index in [1.807, 2.05) is 0 Å². The van der Waals surface area contributed by atoms with Gasteiger partial charge in [0.05, 0.1) is 0 Å². The smallest absolute Gasteiger partial charge is 0.368 e. The molecule has 0 radical (unpaired) electrons. The Labute approximate surface area is 47.3 Å². The second kappa shape index (κ2) is 6.51. The second-order valence-corrected chi connectivity index (χ2v) is 1.80. The Morgan fingerprint density at radius 1 is 1.00 bits per heavy atom. The molecule has 7 N–H and O–H groups in total. The number of nitriles is 1. The Morgan fingerprint density at radius 2 is 1.00 bits per heavy atom. The number of hydrogen-bond donors (Lipinski definition) is 5. The minimum absolute atomic E-state index is 0. The van der Waals surface area contributed by atoms with Crippen molar-refractivity contribution in [1.29, 1.82) is 5.26 Å². The zero-order valence-electron chi connectivity index (χ0n) is 4.02. The van der Waals surface area contributed by atoms with Crippen LogP contribution in [-0.2, 0) is 0 Å². The fraction of sp³-hybridized carbons (Fsp3) is 0. The molecular formula is CH8N2O4Si. The molecule has 0 saturated carbocycles. The first-order valence-electron chi connectivity index (χ1n) is 1.15. The van der Waals surface area contributed by atoms with Crippen molar-refractivity contribution in [1.82, 2.24) is 6.15 Å². The van der Waals surface area contributed by atoms with Crippen molar-refractivity contribution in [3.8, 4) is 6.57 Å². The van der Waals surface area contributed by atoms with Gasteiger partial charge in [0.1, 0.15) is 0 Å². The van der Waals surface area contributed by atoms with Gasteiger partial charge in [0.15, 0.2) is 0 Å². The van der Waals surface area contributed by atoms with Gasteiger partial charge in [-0.25, -0.2) is 5.26 Å². The highest BCUT2D eigenvalue weighted by Crippen LogP contribution is 1.67. The molecule has 0 rings (SSSR count). The van der Waals surface area contributed by atoms with E-state index in [0.29, 0.717) is 0 Å². The maximum Gasteiger partial charge on any atom is 0.668 e. The fourth-order valence-corrected chi connectivity index (χ4v) is 0. The molecule has 0 aromatic carbocycles. The third-order valence-corrected chi connectivity index (χ3v) is 0. The van der Waals surface area contributed by atoms with E-state index in [2.05, 4.69) is 6.57 Å². The summed E-state index contributed by atoms with van der Waals surface area (Å²) in [5.41, 5.74) is 0. The van der Waals surface area contributed by atoms with Crippen LogP contribution in [0.5, 0.6) is 0 Å². The summed E-state index contributed by atoms with van der Waals surface area (Å²) in [6.45, 7) is 3.50. The van der Waals surface area contributed by atoms with E-state index >= 15 is 0 Å². The molecule has 0 aliphatic heterocycles. The molecule has 0 fully saturated rings. The van der Waals surface area contributed by atoms with Crippen molar-refractivity contribution < 1.29 is 19.2 Å². The van der Waals surface area contributed by atoms with Crippen LogP contribution in [0.4, 0.5) is 0 Å². The quantitative estimate of drug-likeness (QED) is 0.239. The molecule has 0 aliphatic rings. The molecule has 0 aromatic heterocycles.